The van der Waals surface area contributed by atoms with Gasteiger partial charge in [0.25, 0.3) is 0 Å². The van der Waals surface area contributed by atoms with Gasteiger partial charge in [0, 0.05) is 0 Å². The Kier molecular flexibility index (Phi) is 25.7. The van der Waals surface area contributed by atoms with E-state index in [-0.39, 0.29) is 0 Å². The molecule has 0 aliphatic rings. The highest BCUT2D eigenvalue weighted by Crippen LogP contribution is 2.26. The molecule has 0 bridgehead atoms. The summed E-state index contributed by atoms with van der Waals surface area (Å²) in [4.78, 5) is 0. The molecule has 0 amide bonds. The molecule has 0 aromatic carbocycles. The Hall–Kier alpha value is 0. The SMILES string of the molecule is CC(C)CCCC(C)CCCC(C)CCCC(C)CCCC(C)CCCC(C)CCCC(C)CCCC(C)C. The van der Waals surface area contributed by atoms with Crippen LogP contribution in [0.25, 0.3) is 0 Å². The van der Waals surface area contributed by atoms with Crippen LogP contribution in [0.5, 0.6) is 0 Å². The minimum Gasteiger partial charge on any atom is -0.0628 e. The molecular weight excluding hydrogens is 468 g/mol. The maximum absolute atomic E-state index is 2.51. The highest BCUT2D eigenvalue weighted by atomic mass is 14.2. The summed E-state index contributed by atoms with van der Waals surface area (Å²) in [6.07, 6.45) is 30.4. The topological polar surface area (TPSA) is 0 Å². The molecule has 0 nitrogen and oxygen atoms in total. The molecule has 0 aliphatic carbocycles. The van der Waals surface area contributed by atoms with Crippen LogP contribution in [0.2, 0.25) is 0 Å². The van der Waals surface area contributed by atoms with E-state index in [0.717, 1.165) is 47.3 Å². The predicted octanol–water partition coefficient (Wildman–Crippen LogP) is 14.3. The molecular formula is C39H80. The molecule has 6 atom stereocenters. The minimum atomic E-state index is 0.875. The van der Waals surface area contributed by atoms with Crippen molar-refractivity contribution >= 4 is 0 Å². The van der Waals surface area contributed by atoms with Crippen molar-refractivity contribution < 1.29 is 0 Å². The van der Waals surface area contributed by atoms with Crippen molar-refractivity contribution in [1.29, 1.82) is 0 Å². The van der Waals surface area contributed by atoms with Crippen LogP contribution in [0.3, 0.4) is 0 Å². The van der Waals surface area contributed by atoms with Crippen molar-refractivity contribution in [3.05, 3.63) is 0 Å². The summed E-state index contributed by atoms with van der Waals surface area (Å²) in [5.41, 5.74) is 0. The van der Waals surface area contributed by atoms with Crippen molar-refractivity contribution in [3.8, 4) is 0 Å². The number of hydrogen-bond donors (Lipinski definition) is 0. The Labute approximate surface area is 251 Å². The summed E-state index contributed by atoms with van der Waals surface area (Å²) in [6.45, 7) is 24.4. The highest BCUT2D eigenvalue weighted by molar-refractivity contribution is 4.64. The lowest BCUT2D eigenvalue weighted by molar-refractivity contribution is 0.355. The molecule has 0 radical (unpaired) electrons. The first-order valence-electron chi connectivity index (χ1n) is 18.5. The molecule has 0 fully saturated rings. The lowest BCUT2D eigenvalue weighted by Crippen LogP contribution is -2.03. The van der Waals surface area contributed by atoms with Crippen LogP contribution >= 0.6 is 0 Å². The summed E-state index contributed by atoms with van der Waals surface area (Å²) in [7, 11) is 0. The summed E-state index contributed by atoms with van der Waals surface area (Å²) in [5.74, 6) is 7.34. The van der Waals surface area contributed by atoms with Gasteiger partial charge in [-0.05, 0) is 47.3 Å². The van der Waals surface area contributed by atoms with Crippen molar-refractivity contribution in [2.24, 2.45) is 47.3 Å². The predicted molar refractivity (Wildman–Crippen MR) is 182 cm³/mol. The standard InChI is InChI=1S/C39H80/c1-32(2)18-11-20-34(5)22-13-24-36(7)26-15-28-38(9)30-17-31-39(10)29-16-27-37(8)25-14-23-35(6)21-12-19-33(3)4/h32-39H,11-31H2,1-10H3. The van der Waals surface area contributed by atoms with E-state index in [1.807, 2.05) is 0 Å². The van der Waals surface area contributed by atoms with Gasteiger partial charge in [-0.1, -0.05) is 204 Å². The average molecular weight is 549 g/mol. The molecule has 0 saturated heterocycles. The van der Waals surface area contributed by atoms with Gasteiger partial charge in [-0.25, -0.2) is 0 Å². The zero-order valence-electron chi connectivity index (χ0n) is 29.5. The van der Waals surface area contributed by atoms with Gasteiger partial charge >= 0.3 is 0 Å². The molecule has 6 unspecified atom stereocenters. The number of rotatable bonds is 28. The van der Waals surface area contributed by atoms with Gasteiger partial charge in [0.15, 0.2) is 0 Å². The normalized spacial score (nSPS) is 16.9. The first kappa shape index (κ1) is 39.0. The van der Waals surface area contributed by atoms with E-state index in [1.165, 1.54) is 135 Å². The van der Waals surface area contributed by atoms with Crippen LogP contribution in [-0.2, 0) is 0 Å². The Morgan fingerprint density at radius 1 is 0.205 bits per heavy atom. The van der Waals surface area contributed by atoms with E-state index in [1.54, 1.807) is 0 Å². The van der Waals surface area contributed by atoms with Crippen LogP contribution in [0, 0.1) is 47.3 Å². The lowest BCUT2D eigenvalue weighted by atomic mass is 9.89. The fraction of sp³-hybridized carbons (Fsp3) is 1.00. The van der Waals surface area contributed by atoms with Gasteiger partial charge < -0.3 is 0 Å². The molecule has 39 heavy (non-hydrogen) atoms. The fourth-order valence-corrected chi connectivity index (χ4v) is 6.69. The Morgan fingerprint density at radius 2 is 0.333 bits per heavy atom. The van der Waals surface area contributed by atoms with Gasteiger partial charge in [-0.15, -0.1) is 0 Å². The molecule has 0 rings (SSSR count). The lowest BCUT2D eigenvalue weighted by Gasteiger charge is -2.18. The smallest absolute Gasteiger partial charge is 0.0443 e. The van der Waals surface area contributed by atoms with Gasteiger partial charge in [0.1, 0.15) is 0 Å². The summed E-state index contributed by atoms with van der Waals surface area (Å²) in [5, 5.41) is 0. The Bertz CT molecular complexity index is 446. The first-order valence-corrected chi connectivity index (χ1v) is 18.5. The third-order valence-electron chi connectivity index (χ3n) is 9.93. The largest absolute Gasteiger partial charge is 0.0628 e. The minimum absolute atomic E-state index is 0.875. The maximum Gasteiger partial charge on any atom is -0.0443 e. The van der Waals surface area contributed by atoms with Crippen LogP contribution in [0.15, 0.2) is 0 Å². The third-order valence-corrected chi connectivity index (χ3v) is 9.93. The van der Waals surface area contributed by atoms with Gasteiger partial charge in [-0.3, -0.25) is 0 Å². The zero-order valence-corrected chi connectivity index (χ0v) is 29.5. The third kappa shape index (κ3) is 27.9. The van der Waals surface area contributed by atoms with E-state index >= 15 is 0 Å². The highest BCUT2D eigenvalue weighted by Gasteiger charge is 2.11. The average Bonchev–Trinajstić information content (AvgIpc) is 2.83. The van der Waals surface area contributed by atoms with Crippen molar-refractivity contribution in [2.75, 3.05) is 0 Å². The summed E-state index contributed by atoms with van der Waals surface area (Å²) < 4.78 is 0. The molecule has 0 aromatic heterocycles. The van der Waals surface area contributed by atoms with E-state index < -0.39 is 0 Å². The van der Waals surface area contributed by atoms with Crippen molar-refractivity contribution in [2.45, 2.75) is 204 Å². The van der Waals surface area contributed by atoms with Gasteiger partial charge in [-0.2, -0.15) is 0 Å². The van der Waals surface area contributed by atoms with Gasteiger partial charge in [0.05, 0.1) is 0 Å². The van der Waals surface area contributed by atoms with E-state index in [4.69, 9.17) is 0 Å². The fourth-order valence-electron chi connectivity index (χ4n) is 6.69. The second-order valence-corrected chi connectivity index (χ2v) is 15.9. The van der Waals surface area contributed by atoms with Crippen LogP contribution in [-0.4, -0.2) is 0 Å². The maximum atomic E-state index is 2.51. The molecule has 0 saturated carbocycles. The number of hydrogen-bond acceptors (Lipinski definition) is 0. The molecule has 0 heteroatoms. The van der Waals surface area contributed by atoms with Crippen LogP contribution in [0.1, 0.15) is 204 Å². The molecule has 0 aromatic rings. The summed E-state index contributed by atoms with van der Waals surface area (Å²) >= 11 is 0. The van der Waals surface area contributed by atoms with Crippen LogP contribution in [0.4, 0.5) is 0 Å². The molecule has 236 valence electrons. The molecule has 0 heterocycles. The summed E-state index contributed by atoms with van der Waals surface area (Å²) in [6, 6.07) is 0. The van der Waals surface area contributed by atoms with Crippen molar-refractivity contribution in [1.82, 2.24) is 0 Å². The van der Waals surface area contributed by atoms with Gasteiger partial charge in [0.2, 0.25) is 0 Å². The second-order valence-electron chi connectivity index (χ2n) is 15.9. The molecule has 0 aliphatic heterocycles. The second kappa shape index (κ2) is 25.7. The Balaban J connectivity index is 3.65. The molecule has 0 N–H and O–H groups in total. The zero-order chi connectivity index (χ0) is 29.5. The quantitative estimate of drug-likeness (QED) is 0.0911. The van der Waals surface area contributed by atoms with E-state index in [2.05, 4.69) is 69.2 Å². The van der Waals surface area contributed by atoms with E-state index in [9.17, 15) is 0 Å². The monoisotopic (exact) mass is 549 g/mol. The Morgan fingerprint density at radius 3 is 0.462 bits per heavy atom. The molecule has 0 spiro atoms. The van der Waals surface area contributed by atoms with E-state index in [0.29, 0.717) is 0 Å². The van der Waals surface area contributed by atoms with Crippen molar-refractivity contribution in [3.63, 3.8) is 0 Å². The van der Waals surface area contributed by atoms with Crippen LogP contribution < -0.4 is 0 Å². The first-order chi connectivity index (χ1) is 18.5.